The van der Waals surface area contributed by atoms with Crippen molar-refractivity contribution in [3.05, 3.63) is 86.8 Å². The number of piperidine rings is 1. The first-order valence-corrected chi connectivity index (χ1v) is 14.4. The molecule has 0 aliphatic carbocycles. The molecular formula is C33H35BFN3O4. The van der Waals surface area contributed by atoms with Crippen molar-refractivity contribution < 1.29 is 18.6 Å². The summed E-state index contributed by atoms with van der Waals surface area (Å²) in [5.41, 5.74) is 5.92. The van der Waals surface area contributed by atoms with Crippen molar-refractivity contribution in [1.82, 2.24) is 0 Å². The standard InChI is InChI=1S/C33H35BFN3O4/c1-19-15-24(31-25(16-19)30(39)20(2)32(41-31)38-13-11-33(4,5)12-14-38)21(3)37-28-8-6-7-27(35)29(28)22-9-10-23-18-36-42-34(40)26(23)17-22/h6-10,15-18,21,37,40H,11-14H2,1-5H3/t21-/m1/s1. The zero-order valence-corrected chi connectivity index (χ0v) is 24.6. The SMILES string of the molecule is Cc1cc([C@@H](C)Nc2cccc(F)c2-c2ccc3c(c2)B(O)ON=C3)c2oc(N3CCC(C)(C)CC3)c(C)c(=O)c2c1. The fourth-order valence-electron chi connectivity index (χ4n) is 6.01. The summed E-state index contributed by atoms with van der Waals surface area (Å²) in [5.74, 6) is 0.226. The minimum atomic E-state index is -1.22. The van der Waals surface area contributed by atoms with Gasteiger partial charge in [-0.25, -0.2) is 4.39 Å². The van der Waals surface area contributed by atoms with Gasteiger partial charge < -0.3 is 24.4 Å². The Labute approximate surface area is 245 Å². The van der Waals surface area contributed by atoms with Gasteiger partial charge in [0.1, 0.15) is 11.4 Å². The summed E-state index contributed by atoms with van der Waals surface area (Å²) in [6.45, 7) is 12.0. The Bertz CT molecular complexity index is 1770. The maximum Gasteiger partial charge on any atom is 0.583 e. The van der Waals surface area contributed by atoms with Crippen LogP contribution in [0.15, 0.2) is 62.9 Å². The monoisotopic (exact) mass is 567 g/mol. The van der Waals surface area contributed by atoms with E-state index in [0.717, 1.165) is 37.1 Å². The van der Waals surface area contributed by atoms with Crippen LogP contribution in [0.1, 0.15) is 61.9 Å². The van der Waals surface area contributed by atoms with E-state index in [2.05, 4.69) is 29.2 Å². The van der Waals surface area contributed by atoms with Gasteiger partial charge in [0, 0.05) is 35.4 Å². The van der Waals surface area contributed by atoms with Gasteiger partial charge in [-0.2, -0.15) is 0 Å². The van der Waals surface area contributed by atoms with Crippen molar-refractivity contribution in [3.63, 3.8) is 0 Å². The summed E-state index contributed by atoms with van der Waals surface area (Å²) >= 11 is 0. The minimum Gasteiger partial charge on any atom is -0.440 e. The van der Waals surface area contributed by atoms with E-state index in [1.165, 1.54) is 12.3 Å². The highest BCUT2D eigenvalue weighted by Gasteiger charge is 2.29. The molecule has 2 aliphatic rings. The van der Waals surface area contributed by atoms with Gasteiger partial charge in [0.15, 0.2) is 5.43 Å². The summed E-state index contributed by atoms with van der Waals surface area (Å²) < 4.78 is 27.0. The van der Waals surface area contributed by atoms with Crippen LogP contribution in [0.5, 0.6) is 0 Å². The smallest absolute Gasteiger partial charge is 0.440 e. The molecule has 4 aromatic rings. The van der Waals surface area contributed by atoms with Crippen molar-refractivity contribution in [1.29, 1.82) is 0 Å². The Morgan fingerprint density at radius 3 is 2.64 bits per heavy atom. The topological polar surface area (TPSA) is 87.3 Å². The molecule has 9 heteroatoms. The van der Waals surface area contributed by atoms with E-state index in [9.17, 15) is 9.82 Å². The third kappa shape index (κ3) is 5.06. The molecule has 0 spiro atoms. The van der Waals surface area contributed by atoms with E-state index >= 15 is 4.39 Å². The number of nitrogens with zero attached hydrogens (tertiary/aromatic N) is 2. The number of rotatable bonds is 5. The second kappa shape index (κ2) is 10.6. The molecule has 0 amide bonds. The number of benzene rings is 3. The van der Waals surface area contributed by atoms with Gasteiger partial charge in [0.2, 0.25) is 5.88 Å². The number of halogens is 1. The van der Waals surface area contributed by atoms with Crippen LogP contribution in [-0.4, -0.2) is 31.4 Å². The number of aryl methyl sites for hydroxylation is 1. The van der Waals surface area contributed by atoms with Gasteiger partial charge in [-0.15, -0.1) is 5.16 Å². The summed E-state index contributed by atoms with van der Waals surface area (Å²) in [4.78, 5) is 15.8. The van der Waals surface area contributed by atoms with Crippen LogP contribution in [0.4, 0.5) is 16.0 Å². The molecule has 3 heterocycles. The Morgan fingerprint density at radius 1 is 1.12 bits per heavy atom. The van der Waals surface area contributed by atoms with Crippen molar-refractivity contribution >= 4 is 41.3 Å². The maximum absolute atomic E-state index is 15.4. The average Bonchev–Trinajstić information content (AvgIpc) is 2.95. The molecule has 0 saturated carbocycles. The zero-order chi connectivity index (χ0) is 29.8. The third-order valence-corrected chi connectivity index (χ3v) is 8.62. The zero-order valence-electron chi connectivity index (χ0n) is 24.6. The van der Waals surface area contributed by atoms with Gasteiger partial charge in [-0.1, -0.05) is 44.2 Å². The van der Waals surface area contributed by atoms with E-state index in [1.54, 1.807) is 24.3 Å². The number of anilines is 2. The van der Waals surface area contributed by atoms with E-state index in [0.29, 0.717) is 50.3 Å². The predicted octanol–water partition coefficient (Wildman–Crippen LogP) is 6.07. The normalized spacial score (nSPS) is 16.7. The van der Waals surface area contributed by atoms with Gasteiger partial charge in [-0.3, -0.25) is 4.79 Å². The summed E-state index contributed by atoms with van der Waals surface area (Å²) in [5, 5.41) is 18.0. The molecule has 1 aromatic heterocycles. The van der Waals surface area contributed by atoms with Gasteiger partial charge in [0.05, 0.1) is 23.2 Å². The Balaban J connectivity index is 1.41. The first-order chi connectivity index (χ1) is 20.0. The fourth-order valence-corrected chi connectivity index (χ4v) is 6.01. The van der Waals surface area contributed by atoms with Crippen LogP contribution in [0, 0.1) is 25.1 Å². The number of hydrogen-bond donors (Lipinski definition) is 2. The lowest BCUT2D eigenvalue weighted by atomic mass is 9.75. The predicted molar refractivity (Wildman–Crippen MR) is 167 cm³/mol. The third-order valence-electron chi connectivity index (χ3n) is 8.62. The molecule has 7 nitrogen and oxygen atoms in total. The lowest BCUT2D eigenvalue weighted by Gasteiger charge is -2.37. The van der Waals surface area contributed by atoms with Crippen LogP contribution in [0.2, 0.25) is 0 Å². The number of nitrogens with one attached hydrogen (secondary N) is 1. The molecule has 1 fully saturated rings. The molecule has 0 bridgehead atoms. The maximum atomic E-state index is 15.4. The van der Waals surface area contributed by atoms with E-state index in [1.807, 2.05) is 39.0 Å². The molecule has 0 radical (unpaired) electrons. The average molecular weight is 567 g/mol. The fraction of sp³-hybridized carbons (Fsp3) is 0.333. The van der Waals surface area contributed by atoms with Crippen LogP contribution >= 0.6 is 0 Å². The molecule has 0 unspecified atom stereocenters. The number of fused-ring (bicyclic) bond motifs is 2. The summed E-state index contributed by atoms with van der Waals surface area (Å²) in [6, 6.07) is 13.8. The number of hydrogen-bond acceptors (Lipinski definition) is 7. The highest BCUT2D eigenvalue weighted by Crippen LogP contribution is 2.37. The van der Waals surface area contributed by atoms with Crippen molar-refractivity contribution in [2.45, 2.75) is 53.5 Å². The van der Waals surface area contributed by atoms with E-state index in [-0.39, 0.29) is 16.9 Å². The summed E-state index contributed by atoms with van der Waals surface area (Å²) in [6.07, 6.45) is 3.56. The number of oxime groups is 1. The molecule has 1 atom stereocenters. The molecule has 42 heavy (non-hydrogen) atoms. The Kier molecular flexibility index (Phi) is 7.09. The lowest BCUT2D eigenvalue weighted by Crippen LogP contribution is -2.38. The van der Waals surface area contributed by atoms with Crippen molar-refractivity contribution in [2.75, 3.05) is 23.3 Å². The van der Waals surface area contributed by atoms with Crippen LogP contribution in [0.25, 0.3) is 22.1 Å². The minimum absolute atomic E-state index is 0.0296. The largest absolute Gasteiger partial charge is 0.583 e. The highest BCUT2D eigenvalue weighted by molar-refractivity contribution is 6.62. The Hall–Kier alpha value is -4.11. The molecule has 2 aliphatic heterocycles. The molecule has 1 saturated heterocycles. The molecule has 3 aromatic carbocycles. The van der Waals surface area contributed by atoms with Crippen molar-refractivity contribution in [3.8, 4) is 11.1 Å². The van der Waals surface area contributed by atoms with Crippen molar-refractivity contribution in [2.24, 2.45) is 10.6 Å². The van der Waals surface area contributed by atoms with E-state index in [4.69, 9.17) is 9.17 Å². The highest BCUT2D eigenvalue weighted by atomic mass is 19.1. The Morgan fingerprint density at radius 2 is 1.88 bits per heavy atom. The summed E-state index contributed by atoms with van der Waals surface area (Å²) in [7, 11) is -1.22. The molecule has 2 N–H and O–H groups in total. The quantitative estimate of drug-likeness (QED) is 0.285. The molecule has 6 rings (SSSR count). The van der Waals surface area contributed by atoms with Gasteiger partial charge >= 0.3 is 7.12 Å². The van der Waals surface area contributed by atoms with Crippen LogP contribution in [0.3, 0.4) is 0 Å². The first kappa shape index (κ1) is 28.0. The van der Waals surface area contributed by atoms with Gasteiger partial charge in [-0.05, 0) is 73.9 Å². The molecular weight excluding hydrogens is 532 g/mol. The molecule has 216 valence electrons. The van der Waals surface area contributed by atoms with E-state index < -0.39 is 12.9 Å². The van der Waals surface area contributed by atoms with Crippen LogP contribution in [-0.2, 0) is 4.76 Å². The second-order valence-electron chi connectivity index (χ2n) is 12.3. The van der Waals surface area contributed by atoms with Gasteiger partial charge in [0.25, 0.3) is 0 Å². The van der Waals surface area contributed by atoms with Crippen LogP contribution < -0.4 is 21.1 Å². The first-order valence-electron chi connectivity index (χ1n) is 14.4. The second-order valence-corrected chi connectivity index (χ2v) is 12.3. The lowest BCUT2D eigenvalue weighted by molar-refractivity contribution is 0.274.